The van der Waals surface area contributed by atoms with E-state index in [0.29, 0.717) is 6.10 Å². The van der Waals surface area contributed by atoms with Crippen molar-refractivity contribution < 1.29 is 4.74 Å². The van der Waals surface area contributed by atoms with Gasteiger partial charge in [-0.25, -0.2) is 0 Å². The number of allylic oxidation sites excluding steroid dienone is 2. The van der Waals surface area contributed by atoms with Crippen molar-refractivity contribution in [1.82, 2.24) is 0 Å². The Morgan fingerprint density at radius 3 is 2.05 bits per heavy atom. The first-order valence-electron chi connectivity index (χ1n) is 10.1. The average molecular weight is 307 g/mol. The lowest BCUT2D eigenvalue weighted by atomic mass is 9.70. The SMILES string of the molecule is CC/C=C/CC[C@H]1CC[C@H]([C@H]2CC[C@H](OCCC)CC2)CC1. The maximum Gasteiger partial charge on any atom is 0.0575 e. The zero-order valence-electron chi connectivity index (χ0n) is 15.1. The summed E-state index contributed by atoms with van der Waals surface area (Å²) in [7, 11) is 0. The monoisotopic (exact) mass is 306 g/mol. The van der Waals surface area contributed by atoms with Gasteiger partial charge in [-0.2, -0.15) is 0 Å². The summed E-state index contributed by atoms with van der Waals surface area (Å²) in [6.45, 7) is 5.40. The Morgan fingerprint density at radius 1 is 0.818 bits per heavy atom. The molecule has 0 N–H and O–H groups in total. The molecule has 128 valence electrons. The highest BCUT2D eigenvalue weighted by Crippen LogP contribution is 2.41. The molecule has 0 aromatic rings. The fourth-order valence-corrected chi connectivity index (χ4v) is 4.58. The first kappa shape index (κ1) is 18.0. The smallest absolute Gasteiger partial charge is 0.0575 e. The molecular formula is C21H38O. The van der Waals surface area contributed by atoms with Crippen molar-refractivity contribution in [2.24, 2.45) is 17.8 Å². The van der Waals surface area contributed by atoms with Crippen molar-refractivity contribution in [1.29, 1.82) is 0 Å². The zero-order chi connectivity index (χ0) is 15.6. The average Bonchev–Trinajstić information content (AvgIpc) is 2.58. The van der Waals surface area contributed by atoms with Crippen LogP contribution in [0.25, 0.3) is 0 Å². The van der Waals surface area contributed by atoms with Crippen LogP contribution in [-0.2, 0) is 4.74 Å². The number of rotatable bonds is 8. The van der Waals surface area contributed by atoms with Gasteiger partial charge in [-0.3, -0.25) is 0 Å². The van der Waals surface area contributed by atoms with Crippen LogP contribution in [0.2, 0.25) is 0 Å². The molecule has 2 rings (SSSR count). The maximum absolute atomic E-state index is 5.94. The Kier molecular flexibility index (Phi) is 8.59. The molecule has 0 aromatic carbocycles. The molecule has 1 nitrogen and oxygen atoms in total. The van der Waals surface area contributed by atoms with Crippen LogP contribution in [0, 0.1) is 17.8 Å². The van der Waals surface area contributed by atoms with E-state index in [1.165, 1.54) is 70.6 Å². The minimum absolute atomic E-state index is 0.581. The molecule has 0 spiro atoms. The van der Waals surface area contributed by atoms with Crippen LogP contribution in [0.1, 0.15) is 90.9 Å². The molecule has 22 heavy (non-hydrogen) atoms. The summed E-state index contributed by atoms with van der Waals surface area (Å²) in [5.74, 6) is 3.07. The Hall–Kier alpha value is -0.300. The van der Waals surface area contributed by atoms with Crippen molar-refractivity contribution in [3.8, 4) is 0 Å². The van der Waals surface area contributed by atoms with Crippen molar-refractivity contribution >= 4 is 0 Å². The molecule has 0 heterocycles. The van der Waals surface area contributed by atoms with Crippen molar-refractivity contribution in [2.45, 2.75) is 97.0 Å². The minimum Gasteiger partial charge on any atom is -0.378 e. The molecule has 0 unspecified atom stereocenters. The fraction of sp³-hybridized carbons (Fsp3) is 0.905. The maximum atomic E-state index is 5.94. The Labute approximate surface area is 138 Å². The van der Waals surface area contributed by atoms with Crippen LogP contribution in [0.5, 0.6) is 0 Å². The summed E-state index contributed by atoms with van der Waals surface area (Å²) in [6.07, 6.45) is 21.9. The van der Waals surface area contributed by atoms with Crippen molar-refractivity contribution in [3.05, 3.63) is 12.2 Å². The van der Waals surface area contributed by atoms with E-state index in [0.717, 1.165) is 30.8 Å². The van der Waals surface area contributed by atoms with Gasteiger partial charge >= 0.3 is 0 Å². The molecule has 2 fully saturated rings. The quantitative estimate of drug-likeness (QED) is 0.463. The van der Waals surface area contributed by atoms with Gasteiger partial charge in [0.2, 0.25) is 0 Å². The van der Waals surface area contributed by atoms with Crippen molar-refractivity contribution in [3.63, 3.8) is 0 Å². The van der Waals surface area contributed by atoms with Gasteiger partial charge in [0, 0.05) is 6.61 Å². The predicted octanol–water partition coefficient (Wildman–Crippen LogP) is 6.52. The summed E-state index contributed by atoms with van der Waals surface area (Å²) < 4.78 is 5.94. The van der Waals surface area contributed by atoms with E-state index in [2.05, 4.69) is 26.0 Å². The molecule has 1 heteroatoms. The van der Waals surface area contributed by atoms with E-state index in [-0.39, 0.29) is 0 Å². The molecule has 0 radical (unpaired) electrons. The van der Waals surface area contributed by atoms with E-state index in [9.17, 15) is 0 Å². The third-order valence-corrected chi connectivity index (χ3v) is 5.98. The molecule has 0 bridgehead atoms. The lowest BCUT2D eigenvalue weighted by molar-refractivity contribution is 0.00730. The van der Waals surface area contributed by atoms with E-state index in [4.69, 9.17) is 4.74 Å². The molecule has 0 aromatic heterocycles. The van der Waals surface area contributed by atoms with Gasteiger partial charge in [0.15, 0.2) is 0 Å². The first-order chi connectivity index (χ1) is 10.8. The fourth-order valence-electron chi connectivity index (χ4n) is 4.58. The van der Waals surface area contributed by atoms with Crippen molar-refractivity contribution in [2.75, 3.05) is 6.61 Å². The molecular weight excluding hydrogens is 268 g/mol. The minimum atomic E-state index is 0.581. The van der Waals surface area contributed by atoms with Crippen LogP contribution in [0.4, 0.5) is 0 Å². The van der Waals surface area contributed by atoms with Gasteiger partial charge in [-0.05, 0) is 82.0 Å². The summed E-state index contributed by atoms with van der Waals surface area (Å²) >= 11 is 0. The standard InChI is InChI=1S/C21H38O/c1-3-5-6-7-8-18-9-11-19(12-10-18)20-13-15-21(16-14-20)22-17-4-2/h5-6,18-21H,3-4,7-17H2,1-2H3/b6-5+/t18-,19-,20-,21-. The van der Waals surface area contributed by atoms with Gasteiger partial charge in [-0.1, -0.05) is 38.8 Å². The Balaban J connectivity index is 1.60. The molecule has 0 amide bonds. The van der Waals surface area contributed by atoms with Crippen LogP contribution in [-0.4, -0.2) is 12.7 Å². The largest absolute Gasteiger partial charge is 0.378 e. The second-order valence-corrected chi connectivity index (χ2v) is 7.65. The zero-order valence-corrected chi connectivity index (χ0v) is 15.1. The predicted molar refractivity (Wildman–Crippen MR) is 96.1 cm³/mol. The molecule has 2 aliphatic rings. The van der Waals surface area contributed by atoms with E-state index in [1.54, 1.807) is 0 Å². The number of ether oxygens (including phenoxy) is 1. The van der Waals surface area contributed by atoms with Gasteiger partial charge in [0.1, 0.15) is 0 Å². The van der Waals surface area contributed by atoms with Crippen LogP contribution in [0.15, 0.2) is 12.2 Å². The highest BCUT2D eigenvalue weighted by atomic mass is 16.5. The van der Waals surface area contributed by atoms with Crippen LogP contribution < -0.4 is 0 Å². The lowest BCUT2D eigenvalue weighted by Crippen LogP contribution is -2.28. The van der Waals surface area contributed by atoms with E-state index >= 15 is 0 Å². The molecule has 0 saturated heterocycles. The third kappa shape index (κ3) is 6.07. The molecule has 2 saturated carbocycles. The lowest BCUT2D eigenvalue weighted by Gasteiger charge is -2.37. The second kappa shape index (κ2) is 10.5. The Bertz CT molecular complexity index is 293. The number of hydrogen-bond acceptors (Lipinski definition) is 1. The normalized spacial score (nSPS) is 33.4. The number of hydrogen-bond donors (Lipinski definition) is 0. The molecule has 0 atom stereocenters. The highest BCUT2D eigenvalue weighted by Gasteiger charge is 2.30. The van der Waals surface area contributed by atoms with Gasteiger partial charge in [0.05, 0.1) is 6.10 Å². The van der Waals surface area contributed by atoms with Gasteiger partial charge in [-0.15, -0.1) is 0 Å². The summed E-state index contributed by atoms with van der Waals surface area (Å²) in [5, 5.41) is 0. The molecule has 2 aliphatic carbocycles. The summed E-state index contributed by atoms with van der Waals surface area (Å²) in [5.41, 5.74) is 0. The van der Waals surface area contributed by atoms with E-state index in [1.807, 2.05) is 0 Å². The summed E-state index contributed by atoms with van der Waals surface area (Å²) in [4.78, 5) is 0. The summed E-state index contributed by atoms with van der Waals surface area (Å²) in [6, 6.07) is 0. The van der Waals surface area contributed by atoms with Crippen LogP contribution in [0.3, 0.4) is 0 Å². The van der Waals surface area contributed by atoms with E-state index < -0.39 is 0 Å². The topological polar surface area (TPSA) is 9.23 Å². The highest BCUT2D eigenvalue weighted by molar-refractivity contribution is 4.85. The first-order valence-corrected chi connectivity index (χ1v) is 10.1. The third-order valence-electron chi connectivity index (χ3n) is 5.98. The Morgan fingerprint density at radius 2 is 1.45 bits per heavy atom. The van der Waals surface area contributed by atoms with Gasteiger partial charge < -0.3 is 4.74 Å². The van der Waals surface area contributed by atoms with Crippen LogP contribution >= 0.6 is 0 Å². The second-order valence-electron chi connectivity index (χ2n) is 7.65. The molecule has 0 aliphatic heterocycles. The van der Waals surface area contributed by atoms with Gasteiger partial charge in [0.25, 0.3) is 0 Å².